The molecule has 2 rings (SSSR count). The Balaban J connectivity index is 1.77. The lowest BCUT2D eigenvalue weighted by molar-refractivity contribution is -0.122. The fourth-order valence-corrected chi connectivity index (χ4v) is 2.98. The summed E-state index contributed by atoms with van der Waals surface area (Å²) in [6.45, 7) is 6.79. The Morgan fingerprint density at radius 1 is 1.08 bits per heavy atom. The molecule has 1 atom stereocenters. The number of carbonyl (C=O) groups is 1. The standard InChI is InChI=1S/C22H29NO3/c1-5-21(20-13-8-16(2)15-17(20)3)23-22(24)7-6-14-26-19-11-9-18(25-4)10-12-19/h8-13,15,21H,5-7,14H2,1-4H3,(H,23,24)/t21-/m1/s1. The molecule has 4 heteroatoms. The third-order valence-electron chi connectivity index (χ3n) is 4.42. The summed E-state index contributed by atoms with van der Waals surface area (Å²) in [5, 5.41) is 3.15. The molecule has 1 amide bonds. The molecule has 2 aromatic rings. The minimum absolute atomic E-state index is 0.0607. The molecule has 2 aromatic carbocycles. The van der Waals surface area contributed by atoms with Crippen LogP contribution in [0.25, 0.3) is 0 Å². The van der Waals surface area contributed by atoms with Gasteiger partial charge in [-0.25, -0.2) is 0 Å². The van der Waals surface area contributed by atoms with Crippen LogP contribution in [-0.2, 0) is 4.79 Å². The molecule has 0 saturated heterocycles. The highest BCUT2D eigenvalue weighted by Gasteiger charge is 2.14. The third kappa shape index (κ3) is 5.80. The van der Waals surface area contributed by atoms with Crippen LogP contribution < -0.4 is 14.8 Å². The van der Waals surface area contributed by atoms with Gasteiger partial charge in [0.2, 0.25) is 5.91 Å². The van der Waals surface area contributed by atoms with E-state index in [1.54, 1.807) is 7.11 Å². The maximum Gasteiger partial charge on any atom is 0.220 e. The van der Waals surface area contributed by atoms with E-state index in [0.29, 0.717) is 19.4 Å². The van der Waals surface area contributed by atoms with Crippen molar-refractivity contribution >= 4 is 5.91 Å². The van der Waals surface area contributed by atoms with Gasteiger partial charge in [-0.2, -0.15) is 0 Å². The van der Waals surface area contributed by atoms with Crippen molar-refractivity contribution in [2.75, 3.05) is 13.7 Å². The van der Waals surface area contributed by atoms with Gasteiger partial charge in [0.05, 0.1) is 19.8 Å². The topological polar surface area (TPSA) is 47.6 Å². The Kier molecular flexibility index (Phi) is 7.52. The lowest BCUT2D eigenvalue weighted by Crippen LogP contribution is -2.28. The number of rotatable bonds is 9. The van der Waals surface area contributed by atoms with Crippen LogP contribution in [0.15, 0.2) is 42.5 Å². The lowest BCUT2D eigenvalue weighted by Gasteiger charge is -2.20. The summed E-state index contributed by atoms with van der Waals surface area (Å²) in [6, 6.07) is 13.9. The summed E-state index contributed by atoms with van der Waals surface area (Å²) in [6.07, 6.45) is 2.01. The van der Waals surface area contributed by atoms with Crippen molar-refractivity contribution in [1.29, 1.82) is 0 Å². The van der Waals surface area contributed by atoms with Gasteiger partial charge in [-0.15, -0.1) is 0 Å². The van der Waals surface area contributed by atoms with Crippen LogP contribution in [0.4, 0.5) is 0 Å². The Morgan fingerprint density at radius 3 is 2.38 bits per heavy atom. The maximum absolute atomic E-state index is 12.3. The summed E-state index contributed by atoms with van der Waals surface area (Å²) in [4.78, 5) is 12.3. The fourth-order valence-electron chi connectivity index (χ4n) is 2.98. The maximum atomic E-state index is 12.3. The summed E-state index contributed by atoms with van der Waals surface area (Å²) < 4.78 is 10.8. The number of hydrogen-bond donors (Lipinski definition) is 1. The highest BCUT2D eigenvalue weighted by atomic mass is 16.5. The van der Waals surface area contributed by atoms with E-state index in [9.17, 15) is 4.79 Å². The van der Waals surface area contributed by atoms with Gasteiger partial charge in [-0.1, -0.05) is 30.7 Å². The predicted octanol–water partition coefficient (Wildman–Crippen LogP) is 4.74. The molecular formula is C22H29NO3. The summed E-state index contributed by atoms with van der Waals surface area (Å²) in [5.74, 6) is 1.65. The van der Waals surface area contributed by atoms with Gasteiger partial charge in [0.1, 0.15) is 11.5 Å². The molecule has 0 unspecified atom stereocenters. The lowest BCUT2D eigenvalue weighted by atomic mass is 9.97. The van der Waals surface area contributed by atoms with Crippen molar-refractivity contribution in [3.8, 4) is 11.5 Å². The van der Waals surface area contributed by atoms with E-state index in [2.05, 4.69) is 44.3 Å². The molecule has 0 bridgehead atoms. The highest BCUT2D eigenvalue weighted by molar-refractivity contribution is 5.76. The highest BCUT2D eigenvalue weighted by Crippen LogP contribution is 2.22. The zero-order chi connectivity index (χ0) is 18.9. The van der Waals surface area contributed by atoms with E-state index in [1.807, 2.05) is 24.3 Å². The second-order valence-corrected chi connectivity index (χ2v) is 6.52. The molecule has 0 aliphatic rings. The number of amides is 1. The van der Waals surface area contributed by atoms with Crippen LogP contribution in [0.3, 0.4) is 0 Å². The molecule has 0 saturated carbocycles. The second-order valence-electron chi connectivity index (χ2n) is 6.52. The second kappa shape index (κ2) is 9.85. The van der Waals surface area contributed by atoms with Crippen LogP contribution >= 0.6 is 0 Å². The average Bonchev–Trinajstić information content (AvgIpc) is 2.64. The average molecular weight is 355 g/mol. The van der Waals surface area contributed by atoms with Crippen molar-refractivity contribution in [1.82, 2.24) is 5.32 Å². The zero-order valence-corrected chi connectivity index (χ0v) is 16.2. The van der Waals surface area contributed by atoms with Crippen molar-refractivity contribution in [2.24, 2.45) is 0 Å². The first-order valence-corrected chi connectivity index (χ1v) is 9.16. The zero-order valence-electron chi connectivity index (χ0n) is 16.2. The Bertz CT molecular complexity index is 710. The molecule has 0 aliphatic heterocycles. The minimum Gasteiger partial charge on any atom is -0.497 e. The van der Waals surface area contributed by atoms with Crippen molar-refractivity contribution < 1.29 is 14.3 Å². The molecule has 26 heavy (non-hydrogen) atoms. The Morgan fingerprint density at radius 2 is 1.77 bits per heavy atom. The van der Waals surface area contributed by atoms with Gasteiger partial charge in [0, 0.05) is 6.42 Å². The number of hydrogen-bond acceptors (Lipinski definition) is 3. The van der Waals surface area contributed by atoms with Crippen LogP contribution in [0, 0.1) is 13.8 Å². The van der Waals surface area contributed by atoms with Crippen molar-refractivity contribution in [2.45, 2.75) is 46.1 Å². The van der Waals surface area contributed by atoms with Gasteiger partial charge in [0.15, 0.2) is 0 Å². The van der Waals surface area contributed by atoms with E-state index in [-0.39, 0.29) is 11.9 Å². The molecule has 0 fully saturated rings. The summed E-state index contributed by atoms with van der Waals surface area (Å²) >= 11 is 0. The molecular weight excluding hydrogens is 326 g/mol. The van der Waals surface area contributed by atoms with Crippen LogP contribution in [0.5, 0.6) is 11.5 Å². The van der Waals surface area contributed by atoms with Gasteiger partial charge in [0.25, 0.3) is 0 Å². The normalized spacial score (nSPS) is 11.7. The number of ether oxygens (including phenoxy) is 2. The molecule has 0 heterocycles. The number of aryl methyl sites for hydroxylation is 2. The smallest absolute Gasteiger partial charge is 0.220 e. The van der Waals surface area contributed by atoms with Crippen molar-refractivity contribution in [3.63, 3.8) is 0 Å². The molecule has 4 nitrogen and oxygen atoms in total. The fraction of sp³-hybridized carbons (Fsp3) is 0.409. The Labute approximate surface area is 156 Å². The van der Waals surface area contributed by atoms with Crippen LogP contribution in [-0.4, -0.2) is 19.6 Å². The van der Waals surface area contributed by atoms with E-state index in [1.165, 1.54) is 16.7 Å². The van der Waals surface area contributed by atoms with Crippen LogP contribution in [0.2, 0.25) is 0 Å². The van der Waals surface area contributed by atoms with Crippen molar-refractivity contribution in [3.05, 3.63) is 59.2 Å². The van der Waals surface area contributed by atoms with Crippen LogP contribution in [0.1, 0.15) is 48.9 Å². The van der Waals surface area contributed by atoms with E-state index >= 15 is 0 Å². The largest absolute Gasteiger partial charge is 0.497 e. The summed E-state index contributed by atoms with van der Waals surface area (Å²) in [7, 11) is 1.64. The molecule has 140 valence electrons. The summed E-state index contributed by atoms with van der Waals surface area (Å²) in [5.41, 5.74) is 3.66. The quantitative estimate of drug-likeness (QED) is 0.661. The first-order chi connectivity index (χ1) is 12.5. The van der Waals surface area contributed by atoms with E-state index < -0.39 is 0 Å². The Hall–Kier alpha value is -2.49. The third-order valence-corrected chi connectivity index (χ3v) is 4.42. The number of carbonyl (C=O) groups excluding carboxylic acids is 1. The molecule has 1 N–H and O–H groups in total. The number of nitrogens with one attached hydrogen (secondary N) is 1. The molecule has 0 aromatic heterocycles. The molecule has 0 spiro atoms. The van der Waals surface area contributed by atoms with Gasteiger partial charge >= 0.3 is 0 Å². The SMILES string of the molecule is CC[C@@H](NC(=O)CCCOc1ccc(OC)cc1)c1ccc(C)cc1C. The van der Waals surface area contributed by atoms with Gasteiger partial charge < -0.3 is 14.8 Å². The van der Waals surface area contributed by atoms with E-state index in [0.717, 1.165) is 17.9 Å². The predicted molar refractivity (Wildman–Crippen MR) is 105 cm³/mol. The number of benzene rings is 2. The van der Waals surface area contributed by atoms with Gasteiger partial charge in [-0.3, -0.25) is 4.79 Å². The van der Waals surface area contributed by atoms with Gasteiger partial charge in [-0.05, 0) is 62.1 Å². The number of methoxy groups -OCH3 is 1. The first-order valence-electron chi connectivity index (χ1n) is 9.16. The first kappa shape index (κ1) is 19.8. The monoisotopic (exact) mass is 355 g/mol. The van der Waals surface area contributed by atoms with E-state index in [4.69, 9.17) is 9.47 Å². The minimum atomic E-state index is 0.0607. The molecule has 0 aliphatic carbocycles. The molecule has 0 radical (unpaired) electrons.